The minimum absolute atomic E-state index is 0.531. The number of ether oxygens (including phenoxy) is 1. The van der Waals surface area contributed by atoms with E-state index in [1.54, 1.807) is 7.11 Å². The molecular weight excluding hydrogens is 260 g/mol. The summed E-state index contributed by atoms with van der Waals surface area (Å²) >= 11 is 0. The molecule has 0 radical (unpaired) electrons. The van der Waals surface area contributed by atoms with E-state index >= 15 is 0 Å². The topological polar surface area (TPSA) is 24.5 Å². The lowest BCUT2D eigenvalue weighted by atomic mass is 10.0. The second kappa shape index (κ2) is 9.80. The molecule has 0 fully saturated rings. The Balaban J connectivity index is 2.35. The van der Waals surface area contributed by atoms with Gasteiger partial charge in [-0.3, -0.25) is 0 Å². The van der Waals surface area contributed by atoms with Crippen LogP contribution in [-0.2, 0) is 6.42 Å². The molecule has 0 aliphatic rings. The third-order valence-corrected chi connectivity index (χ3v) is 4.35. The predicted molar refractivity (Wildman–Crippen MR) is 91.2 cm³/mol. The van der Waals surface area contributed by atoms with Gasteiger partial charge < -0.3 is 15.0 Å². The first-order valence-corrected chi connectivity index (χ1v) is 8.07. The molecule has 0 amide bonds. The minimum Gasteiger partial charge on any atom is -0.496 e. The largest absolute Gasteiger partial charge is 0.496 e. The first-order valence-electron chi connectivity index (χ1n) is 8.07. The van der Waals surface area contributed by atoms with Crippen LogP contribution in [-0.4, -0.2) is 44.7 Å². The summed E-state index contributed by atoms with van der Waals surface area (Å²) in [6.45, 7) is 5.70. The fourth-order valence-corrected chi connectivity index (χ4v) is 2.52. The summed E-state index contributed by atoms with van der Waals surface area (Å²) in [5, 5.41) is 3.29. The van der Waals surface area contributed by atoms with E-state index in [-0.39, 0.29) is 0 Å². The number of nitrogens with zero attached hydrogens (tertiary/aromatic N) is 1. The average molecular weight is 292 g/mol. The molecule has 2 unspecified atom stereocenters. The number of hydrogen-bond acceptors (Lipinski definition) is 3. The molecule has 0 bridgehead atoms. The smallest absolute Gasteiger partial charge is 0.122 e. The maximum absolute atomic E-state index is 5.44. The third-order valence-electron chi connectivity index (χ3n) is 4.35. The number of unbranched alkanes of at least 4 members (excludes halogenated alkanes) is 1. The zero-order valence-electron chi connectivity index (χ0n) is 14.4. The van der Waals surface area contributed by atoms with E-state index in [9.17, 15) is 0 Å². The van der Waals surface area contributed by atoms with Gasteiger partial charge in [0.05, 0.1) is 7.11 Å². The Morgan fingerprint density at radius 3 is 2.57 bits per heavy atom. The minimum atomic E-state index is 0.531. The molecule has 0 aliphatic carbocycles. The molecule has 21 heavy (non-hydrogen) atoms. The van der Waals surface area contributed by atoms with E-state index in [4.69, 9.17) is 4.74 Å². The first-order chi connectivity index (χ1) is 10.1. The fraction of sp³-hybridized carbons (Fsp3) is 0.667. The van der Waals surface area contributed by atoms with Crippen LogP contribution in [0, 0.1) is 0 Å². The van der Waals surface area contributed by atoms with Crippen LogP contribution >= 0.6 is 0 Å². The van der Waals surface area contributed by atoms with E-state index < -0.39 is 0 Å². The number of para-hydroxylation sites is 1. The number of likely N-dealkylation sites (N-methyl/N-ethyl adjacent to an activating group) is 1. The van der Waals surface area contributed by atoms with E-state index in [1.165, 1.54) is 24.8 Å². The van der Waals surface area contributed by atoms with Gasteiger partial charge in [0.25, 0.3) is 0 Å². The van der Waals surface area contributed by atoms with Crippen LogP contribution in [0.1, 0.15) is 38.7 Å². The number of hydrogen-bond donors (Lipinski definition) is 1. The summed E-state index contributed by atoms with van der Waals surface area (Å²) in [5.41, 5.74) is 1.29. The van der Waals surface area contributed by atoms with E-state index in [1.807, 2.05) is 19.2 Å². The number of benzene rings is 1. The highest BCUT2D eigenvalue weighted by Gasteiger charge is 2.12. The fourth-order valence-electron chi connectivity index (χ4n) is 2.52. The molecule has 1 rings (SSSR count). The van der Waals surface area contributed by atoms with Crippen molar-refractivity contribution >= 4 is 0 Å². The quantitative estimate of drug-likeness (QED) is 0.669. The Hall–Kier alpha value is -1.06. The van der Waals surface area contributed by atoms with Crippen molar-refractivity contribution < 1.29 is 4.74 Å². The molecule has 3 nitrogen and oxygen atoms in total. The normalized spacial score (nSPS) is 14.2. The summed E-state index contributed by atoms with van der Waals surface area (Å²) in [6, 6.07) is 9.48. The lowest BCUT2D eigenvalue weighted by Gasteiger charge is -2.25. The number of rotatable bonds is 10. The van der Waals surface area contributed by atoms with Crippen molar-refractivity contribution in [2.45, 2.75) is 51.6 Å². The summed E-state index contributed by atoms with van der Waals surface area (Å²) in [5.74, 6) is 1.00. The first kappa shape index (κ1) is 18.0. The Morgan fingerprint density at radius 1 is 1.19 bits per heavy atom. The summed E-state index contributed by atoms with van der Waals surface area (Å²) in [7, 11) is 6.00. The summed E-state index contributed by atoms with van der Waals surface area (Å²) < 4.78 is 5.44. The van der Waals surface area contributed by atoms with Gasteiger partial charge in [-0.1, -0.05) is 24.6 Å². The van der Waals surface area contributed by atoms with Gasteiger partial charge in [0.1, 0.15) is 5.75 Å². The van der Waals surface area contributed by atoms with Crippen LogP contribution in [0.3, 0.4) is 0 Å². The van der Waals surface area contributed by atoms with E-state index in [2.05, 4.69) is 43.2 Å². The van der Waals surface area contributed by atoms with Gasteiger partial charge in [0.2, 0.25) is 0 Å². The van der Waals surface area contributed by atoms with Crippen LogP contribution in [0.25, 0.3) is 0 Å². The molecule has 1 N–H and O–H groups in total. The molecule has 0 saturated carbocycles. The van der Waals surface area contributed by atoms with Gasteiger partial charge >= 0.3 is 0 Å². The van der Waals surface area contributed by atoms with Gasteiger partial charge in [-0.2, -0.15) is 0 Å². The van der Waals surface area contributed by atoms with Crippen LogP contribution in [0.2, 0.25) is 0 Å². The van der Waals surface area contributed by atoms with Crippen molar-refractivity contribution in [1.82, 2.24) is 10.2 Å². The molecule has 1 aromatic carbocycles. The van der Waals surface area contributed by atoms with E-state index in [0.717, 1.165) is 18.7 Å². The monoisotopic (exact) mass is 292 g/mol. The van der Waals surface area contributed by atoms with Gasteiger partial charge in [0.15, 0.2) is 0 Å². The van der Waals surface area contributed by atoms with Crippen molar-refractivity contribution in [2.75, 3.05) is 27.7 Å². The summed E-state index contributed by atoms with van der Waals surface area (Å²) in [6.07, 6.45) is 4.84. The maximum atomic E-state index is 5.44. The molecule has 0 aromatic heterocycles. The van der Waals surface area contributed by atoms with Gasteiger partial charge in [-0.15, -0.1) is 0 Å². The highest BCUT2D eigenvalue weighted by molar-refractivity contribution is 5.33. The number of methoxy groups -OCH3 is 1. The molecule has 120 valence electrons. The zero-order valence-corrected chi connectivity index (χ0v) is 14.4. The van der Waals surface area contributed by atoms with Crippen LogP contribution in [0.5, 0.6) is 5.75 Å². The van der Waals surface area contributed by atoms with Crippen LogP contribution in [0.15, 0.2) is 24.3 Å². The van der Waals surface area contributed by atoms with Crippen molar-refractivity contribution in [3.8, 4) is 5.75 Å². The lowest BCUT2D eigenvalue weighted by Crippen LogP contribution is -2.32. The second-order valence-electron chi connectivity index (χ2n) is 6.03. The SMILES string of the molecule is CNC(C)CCCCN(C)C(C)Cc1ccccc1OC. The molecule has 1 aromatic rings. The Bertz CT molecular complexity index is 395. The highest BCUT2D eigenvalue weighted by atomic mass is 16.5. The van der Waals surface area contributed by atoms with Crippen molar-refractivity contribution in [1.29, 1.82) is 0 Å². The molecule has 3 heteroatoms. The highest BCUT2D eigenvalue weighted by Crippen LogP contribution is 2.20. The van der Waals surface area contributed by atoms with Crippen molar-refractivity contribution in [2.24, 2.45) is 0 Å². The second-order valence-corrected chi connectivity index (χ2v) is 6.03. The molecule has 2 atom stereocenters. The molecule has 0 spiro atoms. The van der Waals surface area contributed by atoms with Gasteiger partial charge in [-0.05, 0) is 65.4 Å². The van der Waals surface area contributed by atoms with Gasteiger partial charge in [0, 0.05) is 12.1 Å². The third kappa shape index (κ3) is 6.49. The van der Waals surface area contributed by atoms with Gasteiger partial charge in [-0.25, -0.2) is 0 Å². The Kier molecular flexibility index (Phi) is 8.40. The van der Waals surface area contributed by atoms with Crippen molar-refractivity contribution in [3.05, 3.63) is 29.8 Å². The zero-order chi connectivity index (χ0) is 15.7. The average Bonchev–Trinajstić information content (AvgIpc) is 2.51. The Labute approximate surface area is 130 Å². The molecule has 0 heterocycles. The molecule has 0 aliphatic heterocycles. The van der Waals surface area contributed by atoms with Crippen LogP contribution in [0.4, 0.5) is 0 Å². The maximum Gasteiger partial charge on any atom is 0.122 e. The molecular formula is C18H32N2O. The number of nitrogens with one attached hydrogen (secondary N) is 1. The molecule has 0 saturated heterocycles. The predicted octanol–water partition coefficient (Wildman–Crippen LogP) is 3.34. The Morgan fingerprint density at radius 2 is 1.90 bits per heavy atom. The van der Waals surface area contributed by atoms with E-state index in [0.29, 0.717) is 12.1 Å². The standard InChI is InChI=1S/C18H32N2O/c1-15(19-3)10-8-9-13-20(4)16(2)14-17-11-6-7-12-18(17)21-5/h6-7,11-12,15-16,19H,8-10,13-14H2,1-5H3. The van der Waals surface area contributed by atoms with Crippen LogP contribution < -0.4 is 10.1 Å². The summed E-state index contributed by atoms with van der Waals surface area (Å²) in [4.78, 5) is 2.45. The lowest BCUT2D eigenvalue weighted by molar-refractivity contribution is 0.248. The van der Waals surface area contributed by atoms with Crippen molar-refractivity contribution in [3.63, 3.8) is 0 Å².